The first-order chi connectivity index (χ1) is 8.06. The fourth-order valence-corrected chi connectivity index (χ4v) is 3.54. The molecule has 1 atom stereocenters. The molecule has 0 aliphatic rings. The average molecular weight is 310 g/mol. The molecule has 0 saturated heterocycles. The maximum atomic E-state index is 6.28. The second-order valence-corrected chi connectivity index (χ2v) is 6.31. The Bertz CT molecular complexity index is 519. The zero-order valence-electron chi connectivity index (χ0n) is 10.0. The van der Waals surface area contributed by atoms with Gasteiger partial charge in [0.1, 0.15) is 0 Å². The van der Waals surface area contributed by atoms with Crippen LogP contribution in [0.1, 0.15) is 27.6 Å². The van der Waals surface area contributed by atoms with Gasteiger partial charge in [0.25, 0.3) is 0 Å². The van der Waals surface area contributed by atoms with Crippen molar-refractivity contribution < 1.29 is 0 Å². The number of rotatable bonds is 3. The third kappa shape index (κ3) is 3.18. The molecule has 0 aliphatic carbocycles. The number of thiophene rings is 1. The summed E-state index contributed by atoms with van der Waals surface area (Å²) >= 11 is 5.23. The average Bonchev–Trinajstić information content (AvgIpc) is 2.63. The summed E-state index contributed by atoms with van der Waals surface area (Å²) in [5.41, 5.74) is 10.1. The Morgan fingerprint density at radius 2 is 2.06 bits per heavy atom. The Balaban J connectivity index is 2.17. The Labute approximate surface area is 115 Å². The van der Waals surface area contributed by atoms with Crippen LogP contribution in [0.5, 0.6) is 0 Å². The van der Waals surface area contributed by atoms with Gasteiger partial charge in [-0.2, -0.15) is 0 Å². The van der Waals surface area contributed by atoms with Crippen molar-refractivity contribution in [1.82, 2.24) is 0 Å². The van der Waals surface area contributed by atoms with Crippen molar-refractivity contribution in [3.8, 4) is 0 Å². The smallest absolute Gasteiger partial charge is 0.0346 e. The SMILES string of the molecule is Cc1ccc(C(N)Cc2cc(Br)cs2)c(C)c1. The van der Waals surface area contributed by atoms with Crippen LogP contribution in [0.25, 0.3) is 0 Å². The minimum Gasteiger partial charge on any atom is -0.324 e. The van der Waals surface area contributed by atoms with Gasteiger partial charge in [-0.3, -0.25) is 0 Å². The summed E-state index contributed by atoms with van der Waals surface area (Å²) in [5, 5.41) is 2.10. The topological polar surface area (TPSA) is 26.0 Å². The molecule has 17 heavy (non-hydrogen) atoms. The van der Waals surface area contributed by atoms with Crippen molar-refractivity contribution in [3.63, 3.8) is 0 Å². The Morgan fingerprint density at radius 3 is 2.65 bits per heavy atom. The number of nitrogens with two attached hydrogens (primary N) is 1. The lowest BCUT2D eigenvalue weighted by molar-refractivity contribution is 0.724. The van der Waals surface area contributed by atoms with E-state index in [0.29, 0.717) is 0 Å². The fraction of sp³-hybridized carbons (Fsp3) is 0.286. The molecular formula is C14H16BrNS. The van der Waals surface area contributed by atoms with Crippen LogP contribution in [0, 0.1) is 13.8 Å². The van der Waals surface area contributed by atoms with Crippen molar-refractivity contribution >= 4 is 27.3 Å². The van der Waals surface area contributed by atoms with Gasteiger partial charge in [0.05, 0.1) is 0 Å². The van der Waals surface area contributed by atoms with Gasteiger partial charge in [0.15, 0.2) is 0 Å². The van der Waals surface area contributed by atoms with E-state index in [4.69, 9.17) is 5.73 Å². The van der Waals surface area contributed by atoms with Gasteiger partial charge in [-0.25, -0.2) is 0 Å². The maximum absolute atomic E-state index is 6.28. The second kappa shape index (κ2) is 5.34. The lowest BCUT2D eigenvalue weighted by Gasteiger charge is -2.14. The first-order valence-electron chi connectivity index (χ1n) is 5.62. The monoisotopic (exact) mass is 309 g/mol. The third-order valence-corrected chi connectivity index (χ3v) is 4.59. The van der Waals surface area contributed by atoms with Crippen LogP contribution < -0.4 is 5.73 Å². The van der Waals surface area contributed by atoms with E-state index in [0.717, 1.165) is 10.9 Å². The zero-order chi connectivity index (χ0) is 12.4. The minimum atomic E-state index is 0.0844. The van der Waals surface area contributed by atoms with Crippen LogP contribution in [0.2, 0.25) is 0 Å². The van der Waals surface area contributed by atoms with Crippen LogP contribution >= 0.6 is 27.3 Å². The molecular weight excluding hydrogens is 294 g/mol. The van der Waals surface area contributed by atoms with Crippen molar-refractivity contribution in [2.24, 2.45) is 5.73 Å². The highest BCUT2D eigenvalue weighted by Gasteiger charge is 2.11. The molecule has 0 radical (unpaired) electrons. The number of hydrogen-bond acceptors (Lipinski definition) is 2. The van der Waals surface area contributed by atoms with Crippen LogP contribution in [0.15, 0.2) is 34.1 Å². The molecule has 0 aliphatic heterocycles. The van der Waals surface area contributed by atoms with Crippen molar-refractivity contribution in [2.75, 3.05) is 0 Å². The molecule has 0 saturated carbocycles. The largest absolute Gasteiger partial charge is 0.324 e. The fourth-order valence-electron chi connectivity index (χ4n) is 2.03. The van der Waals surface area contributed by atoms with Gasteiger partial charge >= 0.3 is 0 Å². The van der Waals surface area contributed by atoms with E-state index in [1.54, 1.807) is 11.3 Å². The number of aryl methyl sites for hydroxylation is 2. The molecule has 1 aromatic heterocycles. The molecule has 2 N–H and O–H groups in total. The molecule has 2 rings (SSSR count). The number of hydrogen-bond donors (Lipinski definition) is 1. The number of halogens is 1. The van der Waals surface area contributed by atoms with E-state index in [2.05, 4.69) is 59.4 Å². The molecule has 0 bridgehead atoms. The van der Waals surface area contributed by atoms with E-state index in [-0.39, 0.29) is 6.04 Å². The quantitative estimate of drug-likeness (QED) is 0.895. The highest BCUT2D eigenvalue weighted by molar-refractivity contribution is 9.10. The lowest BCUT2D eigenvalue weighted by atomic mass is 9.97. The predicted molar refractivity (Wildman–Crippen MR) is 78.6 cm³/mol. The number of benzene rings is 1. The molecule has 1 nitrogen and oxygen atoms in total. The normalized spacial score (nSPS) is 12.7. The summed E-state index contributed by atoms with van der Waals surface area (Å²) in [5.74, 6) is 0. The summed E-state index contributed by atoms with van der Waals surface area (Å²) < 4.78 is 1.14. The van der Waals surface area contributed by atoms with Gasteiger partial charge < -0.3 is 5.73 Å². The van der Waals surface area contributed by atoms with E-state index in [1.807, 2.05) is 0 Å². The van der Waals surface area contributed by atoms with E-state index in [1.165, 1.54) is 21.6 Å². The molecule has 3 heteroatoms. The summed E-state index contributed by atoms with van der Waals surface area (Å²) in [7, 11) is 0. The Kier molecular flexibility index (Phi) is 4.02. The van der Waals surface area contributed by atoms with Crippen molar-refractivity contribution in [3.05, 3.63) is 55.7 Å². The van der Waals surface area contributed by atoms with Crippen LogP contribution in [-0.4, -0.2) is 0 Å². The molecule has 0 spiro atoms. The third-order valence-electron chi connectivity index (χ3n) is 2.87. The molecule has 0 fully saturated rings. The van der Waals surface area contributed by atoms with Crippen molar-refractivity contribution in [1.29, 1.82) is 0 Å². The molecule has 1 heterocycles. The van der Waals surface area contributed by atoms with Gasteiger partial charge in [0.2, 0.25) is 0 Å². The Hall–Kier alpha value is -0.640. The highest BCUT2D eigenvalue weighted by atomic mass is 79.9. The van der Waals surface area contributed by atoms with Gasteiger partial charge in [-0.15, -0.1) is 11.3 Å². The summed E-state index contributed by atoms with van der Waals surface area (Å²) in [6.45, 7) is 4.24. The van der Waals surface area contributed by atoms with E-state index >= 15 is 0 Å². The van der Waals surface area contributed by atoms with E-state index in [9.17, 15) is 0 Å². The molecule has 1 unspecified atom stereocenters. The summed E-state index contributed by atoms with van der Waals surface area (Å²) in [6, 6.07) is 8.71. The molecule has 0 amide bonds. The van der Waals surface area contributed by atoms with Crippen molar-refractivity contribution in [2.45, 2.75) is 26.3 Å². The maximum Gasteiger partial charge on any atom is 0.0346 e. The second-order valence-electron chi connectivity index (χ2n) is 4.40. The molecule has 2 aromatic rings. The highest BCUT2D eigenvalue weighted by Crippen LogP contribution is 2.26. The van der Waals surface area contributed by atoms with Gasteiger partial charge in [0, 0.05) is 27.2 Å². The lowest BCUT2D eigenvalue weighted by Crippen LogP contribution is -2.14. The van der Waals surface area contributed by atoms with E-state index < -0.39 is 0 Å². The molecule has 1 aromatic carbocycles. The van der Waals surface area contributed by atoms with Gasteiger partial charge in [-0.1, -0.05) is 23.8 Å². The minimum absolute atomic E-state index is 0.0844. The predicted octanol–water partition coefficient (Wildman–Crippen LogP) is 4.37. The summed E-state index contributed by atoms with van der Waals surface area (Å²) in [4.78, 5) is 1.32. The first kappa shape index (κ1) is 12.8. The van der Waals surface area contributed by atoms with Crippen LogP contribution in [0.4, 0.5) is 0 Å². The zero-order valence-corrected chi connectivity index (χ0v) is 12.4. The van der Waals surface area contributed by atoms with Crippen LogP contribution in [0.3, 0.4) is 0 Å². The van der Waals surface area contributed by atoms with Gasteiger partial charge in [-0.05, 0) is 47.0 Å². The first-order valence-corrected chi connectivity index (χ1v) is 7.29. The standard InChI is InChI=1S/C14H16BrNS/c1-9-3-4-13(10(2)5-9)14(16)7-12-6-11(15)8-17-12/h3-6,8,14H,7,16H2,1-2H3. The summed E-state index contributed by atoms with van der Waals surface area (Å²) in [6.07, 6.45) is 0.903. The molecule has 90 valence electrons. The van der Waals surface area contributed by atoms with Crippen LogP contribution in [-0.2, 0) is 6.42 Å². The Morgan fingerprint density at radius 1 is 1.29 bits per heavy atom.